The zero-order valence-electron chi connectivity index (χ0n) is 9.52. The molecule has 0 radical (unpaired) electrons. The maximum atomic E-state index is 5.82. The molecule has 0 bridgehead atoms. The Morgan fingerprint density at radius 2 is 1.76 bits per heavy atom. The van der Waals surface area contributed by atoms with Crippen molar-refractivity contribution in [3.8, 4) is 0 Å². The Morgan fingerprint density at radius 1 is 1.06 bits per heavy atom. The molecule has 2 rings (SSSR count). The minimum absolute atomic E-state index is 0.281. The summed E-state index contributed by atoms with van der Waals surface area (Å²) in [6.07, 6.45) is 1.61. The van der Waals surface area contributed by atoms with Crippen LogP contribution in [-0.4, -0.2) is 15.0 Å². The van der Waals surface area contributed by atoms with E-state index in [1.165, 1.54) is 5.56 Å². The van der Waals surface area contributed by atoms with Crippen LogP contribution >= 0.6 is 11.6 Å². The molecule has 0 amide bonds. The fourth-order valence-corrected chi connectivity index (χ4v) is 1.70. The average molecular weight is 249 g/mol. The molecule has 2 N–H and O–H groups in total. The van der Waals surface area contributed by atoms with Crippen molar-refractivity contribution in [1.29, 1.82) is 0 Å². The van der Waals surface area contributed by atoms with Gasteiger partial charge in [-0.2, -0.15) is 9.97 Å². The normalized spacial score (nSPS) is 10.5. The maximum absolute atomic E-state index is 5.82. The predicted molar refractivity (Wildman–Crippen MR) is 67.8 cm³/mol. The van der Waals surface area contributed by atoms with Gasteiger partial charge in [0, 0.05) is 11.4 Å². The summed E-state index contributed by atoms with van der Waals surface area (Å²) >= 11 is 5.82. The standard InChI is InChI=1S/C12H13ClN4/c1-8-15-11(17-12(14)16-8)7-4-9-2-5-10(13)6-3-9/h2-3,5-6H,4,7H2,1H3,(H2,14,15,16,17). The van der Waals surface area contributed by atoms with Crippen LogP contribution in [0, 0.1) is 6.92 Å². The molecule has 5 heteroatoms. The summed E-state index contributed by atoms with van der Waals surface area (Å²) in [6, 6.07) is 7.76. The van der Waals surface area contributed by atoms with Gasteiger partial charge < -0.3 is 5.73 Å². The highest BCUT2D eigenvalue weighted by molar-refractivity contribution is 6.30. The van der Waals surface area contributed by atoms with Gasteiger partial charge in [-0.3, -0.25) is 0 Å². The number of nitrogens with zero attached hydrogens (tertiary/aromatic N) is 3. The third kappa shape index (κ3) is 3.39. The molecule has 0 unspecified atom stereocenters. The van der Waals surface area contributed by atoms with Crippen molar-refractivity contribution in [2.24, 2.45) is 0 Å². The lowest BCUT2D eigenvalue weighted by molar-refractivity contribution is 0.822. The molecule has 1 aromatic carbocycles. The third-order valence-corrected chi connectivity index (χ3v) is 2.61. The number of aryl methyl sites for hydroxylation is 3. The van der Waals surface area contributed by atoms with Crippen LogP contribution in [0.3, 0.4) is 0 Å². The van der Waals surface area contributed by atoms with Crippen LogP contribution in [0.2, 0.25) is 5.02 Å². The summed E-state index contributed by atoms with van der Waals surface area (Å²) < 4.78 is 0. The smallest absolute Gasteiger partial charge is 0.223 e. The predicted octanol–water partition coefficient (Wildman–Crippen LogP) is 2.20. The molecule has 0 atom stereocenters. The molecule has 0 spiro atoms. The van der Waals surface area contributed by atoms with Crippen LogP contribution in [0.5, 0.6) is 0 Å². The van der Waals surface area contributed by atoms with Gasteiger partial charge in [0.2, 0.25) is 5.95 Å². The lowest BCUT2D eigenvalue weighted by Crippen LogP contribution is -2.06. The Labute approximate surface area is 105 Å². The van der Waals surface area contributed by atoms with E-state index >= 15 is 0 Å². The van der Waals surface area contributed by atoms with Gasteiger partial charge >= 0.3 is 0 Å². The number of aromatic nitrogens is 3. The Kier molecular flexibility index (Phi) is 3.54. The second-order valence-electron chi connectivity index (χ2n) is 3.78. The van der Waals surface area contributed by atoms with Gasteiger partial charge in [0.15, 0.2) is 0 Å². The van der Waals surface area contributed by atoms with E-state index in [9.17, 15) is 0 Å². The van der Waals surface area contributed by atoms with E-state index in [0.29, 0.717) is 5.82 Å². The number of anilines is 1. The molecule has 0 saturated carbocycles. The molecule has 1 heterocycles. The van der Waals surface area contributed by atoms with Gasteiger partial charge in [0.25, 0.3) is 0 Å². The van der Waals surface area contributed by atoms with E-state index in [2.05, 4.69) is 15.0 Å². The zero-order valence-corrected chi connectivity index (χ0v) is 10.3. The van der Waals surface area contributed by atoms with E-state index in [1.807, 2.05) is 31.2 Å². The first-order valence-electron chi connectivity index (χ1n) is 5.35. The van der Waals surface area contributed by atoms with Crippen molar-refractivity contribution in [3.63, 3.8) is 0 Å². The van der Waals surface area contributed by atoms with Crippen LogP contribution in [0.15, 0.2) is 24.3 Å². The van der Waals surface area contributed by atoms with Crippen LogP contribution in [0.4, 0.5) is 5.95 Å². The second-order valence-corrected chi connectivity index (χ2v) is 4.22. The number of halogens is 1. The molecule has 0 aliphatic rings. The Bertz CT molecular complexity index is 490. The van der Waals surface area contributed by atoms with Crippen molar-refractivity contribution in [2.75, 3.05) is 5.73 Å². The van der Waals surface area contributed by atoms with Gasteiger partial charge in [-0.15, -0.1) is 0 Å². The van der Waals surface area contributed by atoms with E-state index in [4.69, 9.17) is 17.3 Å². The maximum Gasteiger partial charge on any atom is 0.223 e. The fraction of sp³-hybridized carbons (Fsp3) is 0.250. The van der Waals surface area contributed by atoms with E-state index in [-0.39, 0.29) is 5.95 Å². The summed E-state index contributed by atoms with van der Waals surface area (Å²) in [5.74, 6) is 1.66. The van der Waals surface area contributed by atoms with Crippen LogP contribution in [0.1, 0.15) is 17.2 Å². The highest BCUT2D eigenvalue weighted by Crippen LogP contribution is 2.11. The molecule has 17 heavy (non-hydrogen) atoms. The molecular weight excluding hydrogens is 236 g/mol. The molecule has 0 saturated heterocycles. The lowest BCUT2D eigenvalue weighted by atomic mass is 10.1. The first-order valence-corrected chi connectivity index (χ1v) is 5.73. The highest BCUT2D eigenvalue weighted by atomic mass is 35.5. The first-order chi connectivity index (χ1) is 8.13. The van der Waals surface area contributed by atoms with Crippen molar-refractivity contribution in [1.82, 2.24) is 15.0 Å². The molecule has 4 nitrogen and oxygen atoms in total. The quantitative estimate of drug-likeness (QED) is 0.905. The van der Waals surface area contributed by atoms with Gasteiger partial charge in [0.05, 0.1) is 0 Å². The minimum atomic E-state index is 0.281. The summed E-state index contributed by atoms with van der Waals surface area (Å²) in [5, 5.41) is 0.744. The summed E-state index contributed by atoms with van der Waals surface area (Å²) in [5.41, 5.74) is 6.77. The van der Waals surface area contributed by atoms with Gasteiger partial charge in [-0.25, -0.2) is 4.98 Å². The van der Waals surface area contributed by atoms with E-state index in [1.54, 1.807) is 0 Å². The largest absolute Gasteiger partial charge is 0.368 e. The lowest BCUT2D eigenvalue weighted by Gasteiger charge is -2.03. The summed E-state index contributed by atoms with van der Waals surface area (Å²) in [7, 11) is 0. The molecule has 2 aromatic rings. The number of benzene rings is 1. The number of nitrogens with two attached hydrogens (primary N) is 1. The SMILES string of the molecule is Cc1nc(N)nc(CCc2ccc(Cl)cc2)n1. The topological polar surface area (TPSA) is 64.7 Å². The average Bonchev–Trinajstić information content (AvgIpc) is 2.27. The van der Waals surface area contributed by atoms with E-state index < -0.39 is 0 Å². The van der Waals surface area contributed by atoms with Crippen LogP contribution in [0.25, 0.3) is 0 Å². The number of rotatable bonds is 3. The Morgan fingerprint density at radius 3 is 2.41 bits per heavy atom. The molecule has 1 aromatic heterocycles. The van der Waals surface area contributed by atoms with E-state index in [0.717, 1.165) is 23.7 Å². The highest BCUT2D eigenvalue weighted by Gasteiger charge is 2.02. The molecular formula is C12H13ClN4. The van der Waals surface area contributed by atoms with Gasteiger partial charge in [0.1, 0.15) is 11.6 Å². The van der Waals surface area contributed by atoms with Gasteiger partial charge in [-0.1, -0.05) is 23.7 Å². The number of hydrogen-bond donors (Lipinski definition) is 1. The Balaban J connectivity index is 2.04. The molecule has 0 fully saturated rings. The third-order valence-electron chi connectivity index (χ3n) is 2.36. The first kappa shape index (κ1) is 11.8. The summed E-state index contributed by atoms with van der Waals surface area (Å²) in [4.78, 5) is 12.3. The van der Waals surface area contributed by atoms with Crippen molar-refractivity contribution in [3.05, 3.63) is 46.5 Å². The number of nitrogen functional groups attached to an aromatic ring is 1. The van der Waals surface area contributed by atoms with Gasteiger partial charge in [-0.05, 0) is 31.0 Å². The van der Waals surface area contributed by atoms with Crippen molar-refractivity contribution < 1.29 is 0 Å². The van der Waals surface area contributed by atoms with Crippen LogP contribution in [-0.2, 0) is 12.8 Å². The minimum Gasteiger partial charge on any atom is -0.368 e. The summed E-state index contributed by atoms with van der Waals surface area (Å²) in [6.45, 7) is 1.81. The molecule has 0 aliphatic carbocycles. The molecule has 88 valence electrons. The van der Waals surface area contributed by atoms with Crippen LogP contribution < -0.4 is 5.73 Å². The second kappa shape index (κ2) is 5.10. The Hall–Kier alpha value is -1.68. The monoisotopic (exact) mass is 248 g/mol. The van der Waals surface area contributed by atoms with Crippen molar-refractivity contribution in [2.45, 2.75) is 19.8 Å². The van der Waals surface area contributed by atoms with Crippen molar-refractivity contribution >= 4 is 17.5 Å². The molecule has 0 aliphatic heterocycles. The number of hydrogen-bond acceptors (Lipinski definition) is 4. The fourth-order valence-electron chi connectivity index (χ4n) is 1.58. The zero-order chi connectivity index (χ0) is 12.3.